The van der Waals surface area contributed by atoms with E-state index >= 15 is 0 Å². The van der Waals surface area contributed by atoms with Crippen molar-refractivity contribution in [2.75, 3.05) is 18.9 Å². The number of anilines is 1. The summed E-state index contributed by atoms with van der Waals surface area (Å²) >= 11 is 0. The van der Waals surface area contributed by atoms with Crippen molar-refractivity contribution in [2.45, 2.75) is 31.6 Å². The molecule has 1 aliphatic rings. The zero-order valence-corrected chi connectivity index (χ0v) is 18.0. The van der Waals surface area contributed by atoms with Crippen LogP contribution in [0.1, 0.15) is 31.2 Å². The largest absolute Gasteiger partial charge is 0.439 e. The molecule has 4 aromatic rings. The monoisotopic (exact) mass is 432 g/mol. The summed E-state index contributed by atoms with van der Waals surface area (Å²) in [6.07, 6.45) is 6.16. The van der Waals surface area contributed by atoms with Gasteiger partial charge in [0, 0.05) is 47.8 Å². The van der Waals surface area contributed by atoms with Crippen LogP contribution in [0.15, 0.2) is 53.4 Å². The van der Waals surface area contributed by atoms with Crippen LogP contribution in [0.5, 0.6) is 11.6 Å². The molecule has 3 aromatic heterocycles. The van der Waals surface area contributed by atoms with Crippen molar-refractivity contribution in [1.29, 1.82) is 0 Å². The minimum atomic E-state index is -0.306. The van der Waals surface area contributed by atoms with E-state index in [-0.39, 0.29) is 11.4 Å². The van der Waals surface area contributed by atoms with E-state index in [1.54, 1.807) is 12.3 Å². The fourth-order valence-corrected chi connectivity index (χ4v) is 3.53. The molecule has 1 fully saturated rings. The molecular weight excluding hydrogens is 408 g/mol. The number of carbonyl (C=O) groups excluding carboxylic acids is 1. The molecule has 1 aliphatic carbocycles. The Morgan fingerprint density at radius 3 is 2.91 bits per heavy atom. The maximum atomic E-state index is 12.8. The van der Waals surface area contributed by atoms with Gasteiger partial charge in [0.25, 0.3) is 0 Å². The SMILES string of the molecule is CNCCc1cc(Oc2ccc3c(ccn3C(=O)Nc3cc(C4(C)CC4)on3)c2)ncn1. The van der Waals surface area contributed by atoms with Crippen LogP contribution in [0, 0.1) is 0 Å². The third-order valence-electron chi connectivity index (χ3n) is 5.77. The second-order valence-electron chi connectivity index (χ2n) is 8.28. The third kappa shape index (κ3) is 4.06. The molecule has 0 atom stereocenters. The molecule has 32 heavy (non-hydrogen) atoms. The van der Waals surface area contributed by atoms with E-state index in [1.807, 2.05) is 37.4 Å². The van der Waals surface area contributed by atoms with E-state index < -0.39 is 0 Å². The number of nitrogens with one attached hydrogen (secondary N) is 2. The summed E-state index contributed by atoms with van der Waals surface area (Å²) < 4.78 is 12.8. The van der Waals surface area contributed by atoms with Gasteiger partial charge in [0.05, 0.1) is 5.52 Å². The molecule has 9 nitrogen and oxygen atoms in total. The van der Waals surface area contributed by atoms with Gasteiger partial charge in [-0.05, 0) is 44.2 Å². The standard InChI is InChI=1S/C23H24N6O3/c1-23(7-8-23)19-13-20(28-32-19)27-22(30)29-10-6-15-11-17(3-4-18(15)29)31-21-12-16(5-9-24-2)25-14-26-21/h3-4,6,10-14,24H,5,7-9H2,1-2H3,(H,27,28,30). The fourth-order valence-electron chi connectivity index (χ4n) is 3.53. The third-order valence-corrected chi connectivity index (χ3v) is 5.77. The molecule has 0 aliphatic heterocycles. The van der Waals surface area contributed by atoms with E-state index in [4.69, 9.17) is 9.26 Å². The zero-order chi connectivity index (χ0) is 22.1. The zero-order valence-electron chi connectivity index (χ0n) is 18.0. The van der Waals surface area contributed by atoms with Crippen LogP contribution >= 0.6 is 0 Å². The molecule has 9 heteroatoms. The van der Waals surface area contributed by atoms with Crippen molar-refractivity contribution in [3.8, 4) is 11.6 Å². The lowest BCUT2D eigenvalue weighted by atomic mass is 10.1. The predicted octanol–water partition coefficient (Wildman–Crippen LogP) is 4.11. The highest BCUT2D eigenvalue weighted by atomic mass is 16.5. The summed E-state index contributed by atoms with van der Waals surface area (Å²) in [5.74, 6) is 2.34. The second kappa shape index (κ2) is 8.08. The van der Waals surface area contributed by atoms with E-state index in [1.165, 1.54) is 10.9 Å². The number of ether oxygens (including phenoxy) is 1. The fraction of sp³-hybridized carbons (Fsp3) is 0.304. The Bertz CT molecular complexity index is 1270. The van der Waals surface area contributed by atoms with E-state index in [0.29, 0.717) is 17.4 Å². The number of nitrogens with zero attached hydrogens (tertiary/aromatic N) is 4. The normalized spacial score (nSPS) is 14.4. The molecule has 5 rings (SSSR count). The molecule has 1 aromatic carbocycles. The van der Waals surface area contributed by atoms with Gasteiger partial charge in [-0.3, -0.25) is 9.88 Å². The van der Waals surface area contributed by atoms with Gasteiger partial charge >= 0.3 is 6.03 Å². The van der Waals surface area contributed by atoms with Crippen molar-refractivity contribution in [3.63, 3.8) is 0 Å². The Morgan fingerprint density at radius 1 is 1.22 bits per heavy atom. The minimum absolute atomic E-state index is 0.0594. The summed E-state index contributed by atoms with van der Waals surface area (Å²) in [6.45, 7) is 2.95. The first-order valence-corrected chi connectivity index (χ1v) is 10.6. The van der Waals surface area contributed by atoms with E-state index in [0.717, 1.165) is 48.2 Å². The number of benzene rings is 1. The lowest BCUT2D eigenvalue weighted by molar-refractivity contribution is 0.254. The van der Waals surface area contributed by atoms with Crippen LogP contribution in [0.25, 0.3) is 10.9 Å². The number of rotatable bonds is 7. The summed E-state index contributed by atoms with van der Waals surface area (Å²) in [5.41, 5.74) is 1.72. The number of hydrogen-bond donors (Lipinski definition) is 2. The number of hydrogen-bond acceptors (Lipinski definition) is 7. The van der Waals surface area contributed by atoms with Crippen LogP contribution < -0.4 is 15.4 Å². The van der Waals surface area contributed by atoms with Gasteiger partial charge in [0.15, 0.2) is 5.82 Å². The topological polar surface area (TPSA) is 107 Å². The van der Waals surface area contributed by atoms with Crippen molar-refractivity contribution in [1.82, 2.24) is 25.0 Å². The van der Waals surface area contributed by atoms with E-state index in [9.17, 15) is 4.79 Å². The first kappa shape index (κ1) is 20.2. The molecule has 2 N–H and O–H groups in total. The average Bonchev–Trinajstić information content (AvgIpc) is 3.19. The summed E-state index contributed by atoms with van der Waals surface area (Å²) in [7, 11) is 1.90. The van der Waals surface area contributed by atoms with Crippen LogP contribution in [0.2, 0.25) is 0 Å². The first-order chi connectivity index (χ1) is 15.5. The Hall–Kier alpha value is -3.72. The van der Waals surface area contributed by atoms with Gasteiger partial charge in [-0.25, -0.2) is 14.8 Å². The quantitative estimate of drug-likeness (QED) is 0.453. The highest BCUT2D eigenvalue weighted by Gasteiger charge is 2.43. The van der Waals surface area contributed by atoms with Crippen molar-refractivity contribution in [3.05, 3.63) is 60.4 Å². The Kier molecular flexibility index (Phi) is 5.10. The van der Waals surface area contributed by atoms with E-state index in [2.05, 4.69) is 32.7 Å². The lowest BCUT2D eigenvalue weighted by Gasteiger charge is -2.08. The predicted molar refractivity (Wildman–Crippen MR) is 119 cm³/mol. The van der Waals surface area contributed by atoms with Crippen LogP contribution in [0.4, 0.5) is 10.6 Å². The Balaban J connectivity index is 1.30. The average molecular weight is 432 g/mol. The van der Waals surface area contributed by atoms with Crippen molar-refractivity contribution < 1.29 is 14.1 Å². The Morgan fingerprint density at radius 2 is 2.09 bits per heavy atom. The first-order valence-electron chi connectivity index (χ1n) is 10.6. The maximum Gasteiger partial charge on any atom is 0.331 e. The molecule has 0 bridgehead atoms. The molecule has 0 spiro atoms. The summed E-state index contributed by atoms with van der Waals surface area (Å²) in [6, 6.07) is 10.7. The van der Waals surface area contributed by atoms with Crippen molar-refractivity contribution in [2.24, 2.45) is 0 Å². The van der Waals surface area contributed by atoms with Crippen LogP contribution in [-0.2, 0) is 11.8 Å². The van der Waals surface area contributed by atoms with Gasteiger partial charge < -0.3 is 14.6 Å². The van der Waals surface area contributed by atoms with Gasteiger partial charge in [-0.2, -0.15) is 0 Å². The molecule has 164 valence electrons. The minimum Gasteiger partial charge on any atom is -0.439 e. The molecular formula is C23H24N6O3. The van der Waals surface area contributed by atoms with Crippen LogP contribution in [0.3, 0.4) is 0 Å². The van der Waals surface area contributed by atoms with Gasteiger partial charge in [0.2, 0.25) is 5.88 Å². The number of fused-ring (bicyclic) bond motifs is 1. The van der Waals surface area contributed by atoms with Gasteiger partial charge in [0.1, 0.15) is 17.8 Å². The van der Waals surface area contributed by atoms with Gasteiger partial charge in [-0.15, -0.1) is 0 Å². The maximum absolute atomic E-state index is 12.8. The Labute approximate surface area is 184 Å². The second-order valence-corrected chi connectivity index (χ2v) is 8.28. The molecule has 0 unspecified atom stereocenters. The smallest absolute Gasteiger partial charge is 0.331 e. The highest BCUT2D eigenvalue weighted by Crippen LogP contribution is 2.48. The number of likely N-dealkylation sites (N-methyl/N-ethyl adjacent to an activating group) is 1. The number of amides is 1. The lowest BCUT2D eigenvalue weighted by Crippen LogP contribution is -2.18. The highest BCUT2D eigenvalue weighted by molar-refractivity contribution is 5.98. The van der Waals surface area contributed by atoms with Crippen LogP contribution in [-0.4, -0.2) is 39.3 Å². The molecule has 1 saturated carbocycles. The molecule has 1 amide bonds. The van der Waals surface area contributed by atoms with Gasteiger partial charge in [-0.1, -0.05) is 12.1 Å². The number of carbonyl (C=O) groups is 1. The molecule has 0 radical (unpaired) electrons. The summed E-state index contributed by atoms with van der Waals surface area (Å²) in [5, 5.41) is 10.7. The molecule has 0 saturated heterocycles. The van der Waals surface area contributed by atoms with Crippen molar-refractivity contribution >= 4 is 22.8 Å². The number of aromatic nitrogens is 4. The summed E-state index contributed by atoms with van der Waals surface area (Å²) in [4.78, 5) is 21.2. The molecule has 3 heterocycles.